The van der Waals surface area contributed by atoms with Crippen molar-refractivity contribution in [1.29, 1.82) is 0 Å². The van der Waals surface area contributed by atoms with E-state index in [9.17, 15) is 4.79 Å². The number of carbonyl (C=O) groups excluding carboxylic acids is 1. The monoisotopic (exact) mass is 401 g/mol. The number of hydrogen-bond acceptors (Lipinski definition) is 3. The number of rotatable bonds is 1. The Hall–Kier alpha value is -2.82. The fraction of sp³-hybridized carbons (Fsp3) is 0.440. The van der Waals surface area contributed by atoms with Crippen LogP contribution in [0.2, 0.25) is 0 Å². The van der Waals surface area contributed by atoms with Crippen molar-refractivity contribution in [2.75, 3.05) is 11.4 Å². The lowest BCUT2D eigenvalue weighted by Crippen LogP contribution is -2.42. The summed E-state index contributed by atoms with van der Waals surface area (Å²) in [5.41, 5.74) is 6.79. The molecule has 30 heavy (non-hydrogen) atoms. The summed E-state index contributed by atoms with van der Waals surface area (Å²) < 4.78 is 9.01. The van der Waals surface area contributed by atoms with Gasteiger partial charge in [0.2, 0.25) is 5.91 Å². The molecule has 0 unspecified atom stereocenters. The number of nitrogens with zero attached hydrogens (tertiary/aromatic N) is 3. The lowest BCUT2D eigenvalue weighted by molar-refractivity contribution is -0.119. The number of carbonyl (C=O) groups is 1. The van der Waals surface area contributed by atoms with Crippen LogP contribution in [0.25, 0.3) is 11.0 Å². The molecule has 3 heterocycles. The number of ether oxygens (including phenoxy) is 1. The fourth-order valence-corrected chi connectivity index (χ4v) is 5.62. The van der Waals surface area contributed by atoms with Crippen molar-refractivity contribution >= 4 is 22.6 Å². The van der Waals surface area contributed by atoms with E-state index in [1.165, 1.54) is 11.1 Å². The Bertz CT molecular complexity index is 1170. The van der Waals surface area contributed by atoms with Gasteiger partial charge in [-0.25, -0.2) is 4.98 Å². The van der Waals surface area contributed by atoms with Gasteiger partial charge in [0.1, 0.15) is 16.9 Å². The Labute approximate surface area is 176 Å². The first-order chi connectivity index (χ1) is 14.5. The molecule has 2 aromatic carbocycles. The van der Waals surface area contributed by atoms with Crippen LogP contribution >= 0.6 is 0 Å². The number of aryl methyl sites for hydroxylation is 2. The second-order valence-electron chi connectivity index (χ2n) is 9.20. The molecule has 1 aromatic heterocycles. The molecule has 5 heteroatoms. The molecule has 5 nitrogen and oxygen atoms in total. The summed E-state index contributed by atoms with van der Waals surface area (Å²) in [6.07, 6.45) is 6.48. The average molecular weight is 402 g/mol. The number of anilines is 1. The molecule has 6 rings (SSSR count). The number of imidazole rings is 1. The highest BCUT2D eigenvalue weighted by atomic mass is 16.5. The molecule has 1 spiro atoms. The van der Waals surface area contributed by atoms with Crippen LogP contribution < -0.4 is 9.64 Å². The molecule has 3 aliphatic rings. The normalized spacial score (nSPS) is 19.8. The topological polar surface area (TPSA) is 47.4 Å². The Balaban J connectivity index is 1.51. The highest BCUT2D eigenvalue weighted by molar-refractivity contribution is 5.99. The molecule has 1 saturated heterocycles. The zero-order valence-corrected chi connectivity index (χ0v) is 17.7. The van der Waals surface area contributed by atoms with Crippen LogP contribution in [-0.2, 0) is 31.1 Å². The number of piperidine rings is 1. The van der Waals surface area contributed by atoms with Crippen molar-refractivity contribution in [3.63, 3.8) is 0 Å². The smallest absolute Gasteiger partial charge is 0.226 e. The van der Waals surface area contributed by atoms with Gasteiger partial charge in [0.25, 0.3) is 0 Å². The van der Waals surface area contributed by atoms with E-state index in [4.69, 9.17) is 9.72 Å². The maximum absolute atomic E-state index is 12.8. The van der Waals surface area contributed by atoms with E-state index in [0.717, 1.165) is 78.9 Å². The first kappa shape index (κ1) is 18.0. The van der Waals surface area contributed by atoms with Crippen LogP contribution in [0.15, 0.2) is 30.3 Å². The number of amides is 1. The molecule has 0 saturated carbocycles. The van der Waals surface area contributed by atoms with E-state index in [2.05, 4.69) is 34.9 Å². The fourth-order valence-electron chi connectivity index (χ4n) is 5.62. The maximum Gasteiger partial charge on any atom is 0.226 e. The molecule has 0 radical (unpaired) electrons. The van der Waals surface area contributed by atoms with E-state index in [0.29, 0.717) is 6.42 Å². The minimum Gasteiger partial charge on any atom is -0.484 e. The number of aromatic nitrogens is 2. The van der Waals surface area contributed by atoms with Crippen LogP contribution in [0.1, 0.15) is 48.2 Å². The van der Waals surface area contributed by atoms with Gasteiger partial charge in [-0.05, 0) is 49.8 Å². The quantitative estimate of drug-likeness (QED) is 0.612. The molecule has 3 aromatic rings. The van der Waals surface area contributed by atoms with Crippen LogP contribution in [0, 0.1) is 6.92 Å². The maximum atomic E-state index is 12.8. The van der Waals surface area contributed by atoms with Gasteiger partial charge in [-0.3, -0.25) is 4.79 Å². The van der Waals surface area contributed by atoms with Gasteiger partial charge >= 0.3 is 0 Å². The Morgan fingerprint density at radius 2 is 1.87 bits per heavy atom. The van der Waals surface area contributed by atoms with Crippen LogP contribution in [0.4, 0.5) is 5.69 Å². The van der Waals surface area contributed by atoms with Gasteiger partial charge < -0.3 is 14.2 Å². The second-order valence-corrected chi connectivity index (χ2v) is 9.20. The summed E-state index contributed by atoms with van der Waals surface area (Å²) in [7, 11) is 2.04. The summed E-state index contributed by atoms with van der Waals surface area (Å²) in [5, 5.41) is 0. The number of fused-ring (bicyclic) bond motifs is 4. The standard InChI is InChI=1S/C25H27N3O2/c1-16-26-23-21(27(16)2)13-20(28-12-6-5-9-22(28)29)19-10-11-25(30-24(19)23)14-17-7-3-4-8-18(17)15-25/h3-4,7-8,13H,5-6,9-12,14-15H2,1-2H3. The molecule has 1 aliphatic carbocycles. The molecular weight excluding hydrogens is 374 g/mol. The van der Waals surface area contributed by atoms with Gasteiger partial charge in [-0.2, -0.15) is 0 Å². The van der Waals surface area contributed by atoms with Crippen molar-refractivity contribution in [2.45, 2.75) is 57.5 Å². The molecular formula is C25H27N3O2. The molecule has 154 valence electrons. The predicted molar refractivity (Wildman–Crippen MR) is 117 cm³/mol. The average Bonchev–Trinajstić information content (AvgIpc) is 3.25. The predicted octanol–water partition coefficient (Wildman–Crippen LogP) is 4.26. The molecule has 1 fully saturated rings. The van der Waals surface area contributed by atoms with Crippen LogP contribution in [-0.4, -0.2) is 27.6 Å². The van der Waals surface area contributed by atoms with E-state index >= 15 is 0 Å². The SMILES string of the molecule is Cc1nc2c3c(c(N4CCCCC4=O)cc2n1C)CCC1(Cc2ccccc2C1)O3. The summed E-state index contributed by atoms with van der Waals surface area (Å²) in [5.74, 6) is 2.10. The van der Waals surface area contributed by atoms with E-state index < -0.39 is 0 Å². The third kappa shape index (κ3) is 2.54. The van der Waals surface area contributed by atoms with Crippen molar-refractivity contribution in [1.82, 2.24) is 9.55 Å². The second kappa shape index (κ2) is 6.34. The summed E-state index contributed by atoms with van der Waals surface area (Å²) in [4.78, 5) is 19.6. The minimum absolute atomic E-state index is 0.195. The van der Waals surface area contributed by atoms with Crippen LogP contribution in [0.3, 0.4) is 0 Å². The minimum atomic E-state index is -0.195. The van der Waals surface area contributed by atoms with Crippen LogP contribution in [0.5, 0.6) is 5.75 Å². The Morgan fingerprint density at radius 1 is 1.10 bits per heavy atom. The van der Waals surface area contributed by atoms with Gasteiger partial charge in [-0.15, -0.1) is 0 Å². The summed E-state index contributed by atoms with van der Waals surface area (Å²) >= 11 is 0. The lowest BCUT2D eigenvalue weighted by Gasteiger charge is -2.38. The zero-order valence-electron chi connectivity index (χ0n) is 17.7. The molecule has 0 atom stereocenters. The molecule has 1 amide bonds. The van der Waals surface area contributed by atoms with Gasteiger partial charge in [0.05, 0.1) is 11.2 Å². The lowest BCUT2D eigenvalue weighted by atomic mass is 9.87. The third-order valence-corrected chi connectivity index (χ3v) is 7.34. The molecule has 0 bridgehead atoms. The highest BCUT2D eigenvalue weighted by Crippen LogP contribution is 2.48. The molecule has 2 aliphatic heterocycles. The Kier molecular flexibility index (Phi) is 3.80. The van der Waals surface area contributed by atoms with Gasteiger partial charge in [0, 0.05) is 38.4 Å². The first-order valence-corrected chi connectivity index (χ1v) is 11.1. The number of hydrogen-bond donors (Lipinski definition) is 0. The highest BCUT2D eigenvalue weighted by Gasteiger charge is 2.44. The zero-order chi connectivity index (χ0) is 20.5. The van der Waals surface area contributed by atoms with Gasteiger partial charge in [0.15, 0.2) is 5.75 Å². The first-order valence-electron chi connectivity index (χ1n) is 11.1. The third-order valence-electron chi connectivity index (χ3n) is 7.34. The van der Waals surface area contributed by atoms with Crippen molar-refractivity contribution in [3.8, 4) is 5.75 Å². The largest absolute Gasteiger partial charge is 0.484 e. The molecule has 0 N–H and O–H groups in total. The van der Waals surface area contributed by atoms with E-state index in [1.807, 2.05) is 18.9 Å². The van der Waals surface area contributed by atoms with Gasteiger partial charge in [-0.1, -0.05) is 24.3 Å². The van der Waals surface area contributed by atoms with E-state index in [1.54, 1.807) is 0 Å². The number of benzene rings is 2. The van der Waals surface area contributed by atoms with Crippen molar-refractivity contribution < 1.29 is 9.53 Å². The van der Waals surface area contributed by atoms with E-state index in [-0.39, 0.29) is 11.5 Å². The summed E-state index contributed by atoms with van der Waals surface area (Å²) in [6.45, 7) is 2.83. The van der Waals surface area contributed by atoms with Crippen molar-refractivity contribution in [2.24, 2.45) is 7.05 Å². The van der Waals surface area contributed by atoms with Crippen molar-refractivity contribution in [3.05, 3.63) is 52.8 Å². The Morgan fingerprint density at radius 3 is 2.60 bits per heavy atom. The summed E-state index contributed by atoms with van der Waals surface area (Å²) in [6, 6.07) is 10.9.